The van der Waals surface area contributed by atoms with E-state index in [9.17, 15) is 0 Å². The minimum Gasteiger partial charge on any atom is -0.264 e. The molecule has 0 fully saturated rings. The monoisotopic (exact) mass is 197 g/mol. The Morgan fingerprint density at radius 3 is 2.73 bits per heavy atom. The van der Waals surface area contributed by atoms with E-state index in [1.54, 1.807) is 6.20 Å². The van der Waals surface area contributed by atoms with Crippen molar-refractivity contribution in [1.82, 2.24) is 9.78 Å². The molecule has 3 nitrogen and oxygen atoms in total. The predicted molar refractivity (Wildman–Crippen MR) is 57.1 cm³/mol. The van der Waals surface area contributed by atoms with E-state index in [2.05, 4.69) is 23.3 Å². The molecule has 15 heavy (non-hydrogen) atoms. The van der Waals surface area contributed by atoms with Gasteiger partial charge in [-0.15, -0.1) is 0 Å². The number of rotatable bonds is 3. The van der Waals surface area contributed by atoms with Crippen LogP contribution in [0.3, 0.4) is 0 Å². The van der Waals surface area contributed by atoms with E-state index in [1.807, 2.05) is 28.9 Å². The number of hydrogen-bond donors (Lipinski definition) is 0. The van der Waals surface area contributed by atoms with Crippen LogP contribution in [0.4, 0.5) is 0 Å². The molecular weight excluding hydrogens is 186 g/mol. The van der Waals surface area contributed by atoms with Crippen molar-refractivity contribution in [3.8, 4) is 6.07 Å². The highest BCUT2D eigenvalue weighted by Gasteiger charge is 2.01. The molecule has 0 spiro atoms. The average molecular weight is 197 g/mol. The van der Waals surface area contributed by atoms with Crippen LogP contribution in [0.15, 0.2) is 42.6 Å². The number of benzene rings is 1. The van der Waals surface area contributed by atoms with E-state index in [0.717, 1.165) is 12.2 Å². The first-order chi connectivity index (χ1) is 7.40. The van der Waals surface area contributed by atoms with Gasteiger partial charge in [0.25, 0.3) is 0 Å². The van der Waals surface area contributed by atoms with Crippen molar-refractivity contribution in [3.05, 3.63) is 53.9 Å². The Kier molecular flexibility index (Phi) is 2.80. The van der Waals surface area contributed by atoms with Crippen molar-refractivity contribution in [2.75, 3.05) is 0 Å². The lowest BCUT2D eigenvalue weighted by Gasteiger charge is -2.04. The predicted octanol–water partition coefficient (Wildman–Crippen LogP) is 2.00. The zero-order valence-corrected chi connectivity index (χ0v) is 8.30. The first kappa shape index (κ1) is 9.47. The second-order valence-corrected chi connectivity index (χ2v) is 3.30. The third-order valence-electron chi connectivity index (χ3n) is 2.24. The van der Waals surface area contributed by atoms with Crippen molar-refractivity contribution in [1.29, 1.82) is 5.26 Å². The highest BCUT2D eigenvalue weighted by Crippen LogP contribution is 2.05. The Hall–Kier alpha value is -2.08. The lowest BCUT2D eigenvalue weighted by atomic mass is 10.2. The lowest BCUT2D eigenvalue weighted by molar-refractivity contribution is 0.657. The summed E-state index contributed by atoms with van der Waals surface area (Å²) in [6.45, 7) is 0.727. The Morgan fingerprint density at radius 2 is 2.00 bits per heavy atom. The SMILES string of the molecule is N#CCc1ccnn1Cc1ccccc1. The summed E-state index contributed by atoms with van der Waals surface area (Å²) in [6.07, 6.45) is 2.14. The normalized spacial score (nSPS) is 9.80. The Balaban J connectivity index is 2.18. The first-order valence-electron chi connectivity index (χ1n) is 4.81. The van der Waals surface area contributed by atoms with Gasteiger partial charge >= 0.3 is 0 Å². The summed E-state index contributed by atoms with van der Waals surface area (Å²) < 4.78 is 1.86. The molecule has 0 bridgehead atoms. The molecule has 0 saturated heterocycles. The number of nitriles is 1. The summed E-state index contributed by atoms with van der Waals surface area (Å²) in [4.78, 5) is 0. The zero-order chi connectivity index (χ0) is 10.5. The van der Waals surface area contributed by atoms with Gasteiger partial charge in [-0.2, -0.15) is 10.4 Å². The van der Waals surface area contributed by atoms with Crippen molar-refractivity contribution in [3.63, 3.8) is 0 Å². The number of hydrogen-bond acceptors (Lipinski definition) is 2. The van der Waals surface area contributed by atoms with Crippen molar-refractivity contribution < 1.29 is 0 Å². The summed E-state index contributed by atoms with van der Waals surface area (Å²) in [5.74, 6) is 0. The Bertz CT molecular complexity index is 465. The van der Waals surface area contributed by atoms with Gasteiger partial charge in [-0.05, 0) is 11.6 Å². The summed E-state index contributed by atoms with van der Waals surface area (Å²) in [5, 5.41) is 12.8. The highest BCUT2D eigenvalue weighted by atomic mass is 15.3. The van der Waals surface area contributed by atoms with E-state index in [1.165, 1.54) is 5.56 Å². The first-order valence-corrected chi connectivity index (χ1v) is 4.81. The van der Waals surface area contributed by atoms with E-state index >= 15 is 0 Å². The van der Waals surface area contributed by atoms with Gasteiger partial charge in [0.1, 0.15) is 0 Å². The molecule has 0 saturated carbocycles. The molecule has 2 aromatic rings. The van der Waals surface area contributed by atoms with E-state index in [0.29, 0.717) is 6.42 Å². The largest absolute Gasteiger partial charge is 0.264 e. The van der Waals surface area contributed by atoms with Crippen molar-refractivity contribution in [2.24, 2.45) is 0 Å². The van der Waals surface area contributed by atoms with Crippen molar-refractivity contribution in [2.45, 2.75) is 13.0 Å². The van der Waals surface area contributed by atoms with Gasteiger partial charge in [0.15, 0.2) is 0 Å². The van der Waals surface area contributed by atoms with E-state index < -0.39 is 0 Å². The summed E-state index contributed by atoms with van der Waals surface area (Å²) in [7, 11) is 0. The molecule has 1 heterocycles. The molecule has 0 radical (unpaired) electrons. The summed E-state index contributed by atoms with van der Waals surface area (Å²) >= 11 is 0. The molecule has 0 aliphatic carbocycles. The van der Waals surface area contributed by atoms with Gasteiger partial charge in [0.2, 0.25) is 0 Å². The number of nitrogens with zero attached hydrogens (tertiary/aromatic N) is 3. The third kappa shape index (κ3) is 2.23. The number of aromatic nitrogens is 2. The van der Waals surface area contributed by atoms with Gasteiger partial charge in [0, 0.05) is 6.20 Å². The summed E-state index contributed by atoms with van der Waals surface area (Å²) in [5.41, 5.74) is 2.15. The van der Waals surface area contributed by atoms with Crippen LogP contribution in [0.25, 0.3) is 0 Å². The van der Waals surface area contributed by atoms with Crippen molar-refractivity contribution >= 4 is 0 Å². The van der Waals surface area contributed by atoms with Gasteiger partial charge in [-0.1, -0.05) is 30.3 Å². The van der Waals surface area contributed by atoms with Gasteiger partial charge in [-0.3, -0.25) is 4.68 Å². The molecule has 0 aliphatic rings. The minimum absolute atomic E-state index is 0.410. The Labute approximate surface area is 88.6 Å². The molecular formula is C12H11N3. The van der Waals surface area contributed by atoms with Crippen LogP contribution >= 0.6 is 0 Å². The standard InChI is InChI=1S/C12H11N3/c13-8-6-12-7-9-14-15(12)10-11-4-2-1-3-5-11/h1-5,7,9H,6,10H2. The molecule has 0 unspecified atom stereocenters. The third-order valence-corrected chi connectivity index (χ3v) is 2.24. The maximum Gasteiger partial charge on any atom is 0.0771 e. The van der Waals surface area contributed by atoms with Gasteiger partial charge in [0.05, 0.1) is 24.7 Å². The summed E-state index contributed by atoms with van der Waals surface area (Å²) in [6, 6.07) is 14.1. The van der Waals surface area contributed by atoms with Gasteiger partial charge in [-0.25, -0.2) is 0 Å². The molecule has 3 heteroatoms. The highest BCUT2D eigenvalue weighted by molar-refractivity contribution is 5.16. The van der Waals surface area contributed by atoms with Crippen LogP contribution in [-0.4, -0.2) is 9.78 Å². The molecule has 1 aromatic heterocycles. The zero-order valence-electron chi connectivity index (χ0n) is 8.30. The molecule has 0 aliphatic heterocycles. The fourth-order valence-corrected chi connectivity index (χ4v) is 1.49. The fourth-order valence-electron chi connectivity index (χ4n) is 1.49. The second kappa shape index (κ2) is 4.43. The van der Waals surface area contributed by atoms with Crippen LogP contribution in [-0.2, 0) is 13.0 Å². The average Bonchev–Trinajstić information content (AvgIpc) is 2.68. The van der Waals surface area contributed by atoms with Crippen LogP contribution in [0.5, 0.6) is 0 Å². The van der Waals surface area contributed by atoms with Crippen LogP contribution in [0.2, 0.25) is 0 Å². The quantitative estimate of drug-likeness (QED) is 0.755. The Morgan fingerprint density at radius 1 is 1.20 bits per heavy atom. The molecule has 2 rings (SSSR count). The minimum atomic E-state index is 0.410. The van der Waals surface area contributed by atoms with Gasteiger partial charge < -0.3 is 0 Å². The maximum atomic E-state index is 8.64. The van der Waals surface area contributed by atoms with E-state index in [-0.39, 0.29) is 0 Å². The molecule has 0 amide bonds. The van der Waals surface area contributed by atoms with Crippen LogP contribution in [0.1, 0.15) is 11.3 Å². The van der Waals surface area contributed by atoms with E-state index in [4.69, 9.17) is 5.26 Å². The maximum absolute atomic E-state index is 8.64. The topological polar surface area (TPSA) is 41.6 Å². The van der Waals surface area contributed by atoms with Crippen LogP contribution in [0, 0.1) is 11.3 Å². The molecule has 0 atom stereocenters. The van der Waals surface area contributed by atoms with Crippen LogP contribution < -0.4 is 0 Å². The lowest BCUT2D eigenvalue weighted by Crippen LogP contribution is -2.05. The second-order valence-electron chi connectivity index (χ2n) is 3.30. The smallest absolute Gasteiger partial charge is 0.0771 e. The fraction of sp³-hybridized carbons (Fsp3) is 0.167. The molecule has 0 N–H and O–H groups in total. The molecule has 74 valence electrons. The molecule has 1 aromatic carbocycles.